The predicted molar refractivity (Wildman–Crippen MR) is 139 cm³/mol. The Bertz CT molecular complexity index is 1300. The number of carbonyl (C=O) groups excluding carboxylic acids is 2. The highest BCUT2D eigenvalue weighted by molar-refractivity contribution is 5.81. The molecule has 0 heterocycles. The van der Waals surface area contributed by atoms with Crippen LogP contribution in [0, 0.1) is 35.9 Å². The van der Waals surface area contributed by atoms with Crippen molar-refractivity contribution in [1.82, 2.24) is 0 Å². The zero-order valence-electron chi connectivity index (χ0n) is 20.8. The van der Waals surface area contributed by atoms with Crippen LogP contribution in [0.1, 0.15) is 22.3 Å². The minimum absolute atomic E-state index is 0.135. The third-order valence-corrected chi connectivity index (χ3v) is 4.63. The third kappa shape index (κ3) is 11.2. The van der Waals surface area contributed by atoms with Gasteiger partial charge in [0.15, 0.2) is 11.6 Å². The number of carbonyl (C=O) groups is 2. The minimum atomic E-state index is -0.649. The van der Waals surface area contributed by atoms with Crippen molar-refractivity contribution in [1.29, 1.82) is 5.26 Å². The molecule has 194 valence electrons. The Hall–Kier alpha value is -4.92. The smallest absolute Gasteiger partial charge is 0.330 e. The van der Waals surface area contributed by atoms with Crippen molar-refractivity contribution in [3.63, 3.8) is 0 Å². The Morgan fingerprint density at radius 1 is 0.921 bits per heavy atom. The van der Waals surface area contributed by atoms with Crippen LogP contribution in [0.15, 0.2) is 79.4 Å². The SMILES string of the molecule is C=CC(=O)OCCOCCOc1ccc(C)cc1.N#Cc1ccc(C#Cc2ccc(OC=O)c(F)c2)cc1. The van der Waals surface area contributed by atoms with E-state index >= 15 is 0 Å². The average Bonchev–Trinajstić information content (AvgIpc) is 2.94. The molecule has 0 amide bonds. The lowest BCUT2D eigenvalue weighted by atomic mass is 10.1. The zero-order valence-corrected chi connectivity index (χ0v) is 20.8. The van der Waals surface area contributed by atoms with Crippen molar-refractivity contribution in [2.45, 2.75) is 6.92 Å². The lowest BCUT2D eigenvalue weighted by Crippen LogP contribution is -2.12. The molecule has 0 fully saturated rings. The van der Waals surface area contributed by atoms with Crippen LogP contribution in [-0.4, -0.2) is 38.9 Å². The van der Waals surface area contributed by atoms with Gasteiger partial charge in [-0.2, -0.15) is 5.26 Å². The molecule has 0 aromatic heterocycles. The maximum Gasteiger partial charge on any atom is 0.330 e. The summed E-state index contributed by atoms with van der Waals surface area (Å²) < 4.78 is 33.4. The van der Waals surface area contributed by atoms with E-state index in [4.69, 9.17) is 19.5 Å². The van der Waals surface area contributed by atoms with Crippen LogP contribution in [0.2, 0.25) is 0 Å². The lowest BCUT2D eigenvalue weighted by molar-refractivity contribution is -0.139. The summed E-state index contributed by atoms with van der Waals surface area (Å²) in [5, 5.41) is 8.67. The van der Waals surface area contributed by atoms with Crippen molar-refractivity contribution in [2.24, 2.45) is 0 Å². The van der Waals surface area contributed by atoms with Crippen molar-refractivity contribution < 1.29 is 32.9 Å². The van der Waals surface area contributed by atoms with E-state index in [-0.39, 0.29) is 18.8 Å². The first kappa shape index (κ1) is 29.3. The predicted octanol–water partition coefficient (Wildman–Crippen LogP) is 4.75. The number of ether oxygens (including phenoxy) is 4. The molecule has 0 saturated heterocycles. The van der Waals surface area contributed by atoms with Crippen molar-refractivity contribution in [3.8, 4) is 29.4 Å². The second-order valence-electron chi connectivity index (χ2n) is 7.44. The number of hydrogen-bond donors (Lipinski definition) is 0. The van der Waals surface area contributed by atoms with Crippen molar-refractivity contribution >= 4 is 12.4 Å². The van der Waals surface area contributed by atoms with Crippen molar-refractivity contribution in [2.75, 3.05) is 26.4 Å². The fourth-order valence-electron chi connectivity index (χ4n) is 2.71. The number of hydrogen-bond acceptors (Lipinski definition) is 7. The molecule has 0 spiro atoms. The largest absolute Gasteiger partial charge is 0.491 e. The molecule has 0 aliphatic rings. The lowest BCUT2D eigenvalue weighted by Gasteiger charge is -2.07. The highest BCUT2D eigenvalue weighted by Gasteiger charge is 2.03. The summed E-state index contributed by atoms with van der Waals surface area (Å²) in [6.45, 7) is 7.00. The molecule has 38 heavy (non-hydrogen) atoms. The van der Waals surface area contributed by atoms with E-state index in [0.717, 1.165) is 17.4 Å². The van der Waals surface area contributed by atoms with Gasteiger partial charge in [0.2, 0.25) is 0 Å². The van der Waals surface area contributed by atoms with E-state index < -0.39 is 11.8 Å². The van der Waals surface area contributed by atoms with E-state index in [1.54, 1.807) is 30.3 Å². The molecule has 0 radical (unpaired) electrons. The molecule has 0 aliphatic carbocycles. The monoisotopic (exact) mass is 515 g/mol. The Kier molecular flexibility index (Phi) is 12.9. The molecule has 3 rings (SSSR count). The molecular weight excluding hydrogens is 489 g/mol. The number of nitrogens with zero attached hydrogens (tertiary/aromatic N) is 1. The van der Waals surface area contributed by atoms with E-state index in [0.29, 0.717) is 30.9 Å². The van der Waals surface area contributed by atoms with Crippen molar-refractivity contribution in [3.05, 3.63) is 107 Å². The van der Waals surface area contributed by atoms with Gasteiger partial charge >= 0.3 is 5.97 Å². The molecule has 0 aliphatic heterocycles. The summed E-state index contributed by atoms with van der Waals surface area (Å²) in [5.74, 6) is 5.25. The number of nitriles is 1. The Morgan fingerprint density at radius 3 is 2.18 bits per heavy atom. The number of halogens is 1. The minimum Gasteiger partial charge on any atom is -0.491 e. The number of esters is 1. The van der Waals surface area contributed by atoms with E-state index in [1.807, 2.05) is 37.3 Å². The molecule has 0 N–H and O–H groups in total. The molecule has 0 unspecified atom stereocenters. The molecule has 3 aromatic carbocycles. The first-order valence-electron chi connectivity index (χ1n) is 11.4. The van der Waals surface area contributed by atoms with Crippen LogP contribution in [0.5, 0.6) is 11.5 Å². The van der Waals surface area contributed by atoms with E-state index in [1.165, 1.54) is 17.7 Å². The first-order valence-corrected chi connectivity index (χ1v) is 11.4. The van der Waals surface area contributed by atoms with Gasteiger partial charge in [0.25, 0.3) is 6.47 Å². The highest BCUT2D eigenvalue weighted by atomic mass is 19.1. The normalized spacial score (nSPS) is 9.39. The molecule has 7 nitrogen and oxygen atoms in total. The number of aryl methyl sites for hydroxylation is 1. The molecule has 0 saturated carbocycles. The van der Waals surface area contributed by atoms with Crippen LogP contribution in [0.25, 0.3) is 0 Å². The summed E-state index contributed by atoms with van der Waals surface area (Å²) >= 11 is 0. The highest BCUT2D eigenvalue weighted by Crippen LogP contribution is 2.17. The number of benzene rings is 3. The molecule has 8 heteroatoms. The van der Waals surface area contributed by atoms with Crippen LogP contribution in [0.4, 0.5) is 4.39 Å². The summed E-state index contributed by atoms with van der Waals surface area (Å²) in [5.41, 5.74) is 2.93. The second kappa shape index (κ2) is 16.7. The van der Waals surface area contributed by atoms with E-state index in [2.05, 4.69) is 23.2 Å². The van der Waals surface area contributed by atoms with Crippen LogP contribution >= 0.6 is 0 Å². The average molecular weight is 516 g/mol. The Morgan fingerprint density at radius 2 is 1.55 bits per heavy atom. The van der Waals surface area contributed by atoms with Gasteiger partial charge in [-0.15, -0.1) is 0 Å². The Balaban J connectivity index is 0.000000269. The number of rotatable bonds is 10. The van der Waals surface area contributed by atoms with Crippen LogP contribution in [0.3, 0.4) is 0 Å². The van der Waals surface area contributed by atoms with Gasteiger partial charge in [0.1, 0.15) is 19.0 Å². The maximum atomic E-state index is 13.5. The third-order valence-electron chi connectivity index (χ3n) is 4.63. The molecule has 0 bridgehead atoms. The summed E-state index contributed by atoms with van der Waals surface area (Å²) in [7, 11) is 0. The Labute approximate surface area is 221 Å². The standard InChI is InChI=1S/C16H8FNO2.C14H18O4/c17-15-9-13(7-8-16(15)20-11-19)4-1-12-2-5-14(10-18)6-3-12;1-3-14(15)18-11-9-16-8-10-17-13-6-4-12(2)5-7-13/h2-3,5-9,11H;3-7H,1,8-11H2,2H3. The summed E-state index contributed by atoms with van der Waals surface area (Å²) in [6.07, 6.45) is 1.13. The topological polar surface area (TPSA) is 94.9 Å². The second-order valence-corrected chi connectivity index (χ2v) is 7.44. The first-order chi connectivity index (χ1) is 18.4. The maximum absolute atomic E-state index is 13.5. The van der Waals surface area contributed by atoms with Gasteiger partial charge in [-0.05, 0) is 61.5 Å². The summed E-state index contributed by atoms with van der Waals surface area (Å²) in [4.78, 5) is 20.8. The zero-order chi connectivity index (χ0) is 27.6. The fraction of sp³-hybridized carbons (Fsp3) is 0.167. The van der Waals surface area contributed by atoms with Gasteiger partial charge in [0, 0.05) is 17.2 Å². The van der Waals surface area contributed by atoms with Gasteiger partial charge in [-0.1, -0.05) is 36.1 Å². The van der Waals surface area contributed by atoms with Crippen LogP contribution < -0.4 is 9.47 Å². The molecule has 3 aromatic rings. The van der Waals surface area contributed by atoms with Crippen LogP contribution in [-0.2, 0) is 19.1 Å². The van der Waals surface area contributed by atoms with Gasteiger partial charge in [0.05, 0.1) is 24.8 Å². The molecular formula is C30H26FNO6. The van der Waals surface area contributed by atoms with Gasteiger partial charge in [-0.3, -0.25) is 4.79 Å². The van der Waals surface area contributed by atoms with Gasteiger partial charge < -0.3 is 18.9 Å². The summed E-state index contributed by atoms with van der Waals surface area (Å²) in [6, 6.07) is 20.7. The molecule has 0 atom stereocenters. The quantitative estimate of drug-likeness (QED) is 0.126. The van der Waals surface area contributed by atoms with Gasteiger partial charge in [-0.25, -0.2) is 9.18 Å². The fourth-order valence-corrected chi connectivity index (χ4v) is 2.71. The van der Waals surface area contributed by atoms with E-state index in [9.17, 15) is 14.0 Å².